The van der Waals surface area contributed by atoms with E-state index in [1.807, 2.05) is 0 Å². The van der Waals surface area contributed by atoms with E-state index in [4.69, 9.17) is 11.2 Å². The highest BCUT2D eigenvalue weighted by Crippen LogP contribution is 1.97. The number of nitrogens with zero attached hydrogens (tertiary/aromatic N) is 1. The van der Waals surface area contributed by atoms with Gasteiger partial charge >= 0.3 is 0 Å². The van der Waals surface area contributed by atoms with Crippen LogP contribution >= 0.6 is 0 Å². The predicted molar refractivity (Wildman–Crippen MR) is 47.2 cm³/mol. The van der Waals surface area contributed by atoms with E-state index in [0.717, 1.165) is 0 Å². The molecule has 0 aliphatic rings. The van der Waals surface area contributed by atoms with Crippen LogP contribution in [-0.2, 0) is 4.74 Å². The zero-order chi connectivity index (χ0) is 8.69. The molecule has 0 aromatic heterocycles. The van der Waals surface area contributed by atoms with E-state index in [2.05, 4.69) is 17.5 Å². The van der Waals surface area contributed by atoms with Crippen LogP contribution in [0.15, 0.2) is 29.6 Å². The van der Waals surface area contributed by atoms with Crippen molar-refractivity contribution in [2.24, 2.45) is 4.99 Å². The lowest BCUT2D eigenvalue weighted by Crippen LogP contribution is -1.88. The monoisotopic (exact) mass is 149 g/mol. The Morgan fingerprint density at radius 1 is 1.73 bits per heavy atom. The van der Waals surface area contributed by atoms with Crippen LogP contribution in [-0.4, -0.2) is 12.8 Å². The Hall–Kier alpha value is -1.49. The summed E-state index contributed by atoms with van der Waals surface area (Å²) in [5, 5.41) is 0. The van der Waals surface area contributed by atoms with Gasteiger partial charge in [0.25, 0.3) is 0 Å². The van der Waals surface area contributed by atoms with Gasteiger partial charge in [0.05, 0.1) is 12.8 Å². The highest BCUT2D eigenvalue weighted by atomic mass is 16.5. The molecule has 0 atom stereocenters. The van der Waals surface area contributed by atoms with Gasteiger partial charge in [-0.1, -0.05) is 18.6 Å². The molecule has 0 heterocycles. The molecule has 0 unspecified atom stereocenters. The van der Waals surface area contributed by atoms with Crippen LogP contribution in [0.25, 0.3) is 0 Å². The van der Waals surface area contributed by atoms with Crippen LogP contribution in [0.3, 0.4) is 0 Å². The van der Waals surface area contributed by atoms with Crippen molar-refractivity contribution in [2.45, 2.75) is 6.92 Å². The molecule has 2 nitrogen and oxygen atoms in total. The van der Waals surface area contributed by atoms with Gasteiger partial charge in [-0.05, 0) is 13.0 Å². The molecule has 58 valence electrons. The molecular formula is C9H11NO. The van der Waals surface area contributed by atoms with Crippen LogP contribution in [0.2, 0.25) is 0 Å². The van der Waals surface area contributed by atoms with Gasteiger partial charge in [-0.3, -0.25) is 0 Å². The molecule has 0 N–H and O–H groups in total. The number of terminal acetylenes is 1. The molecule has 0 aromatic carbocycles. The van der Waals surface area contributed by atoms with Crippen molar-refractivity contribution >= 4 is 5.71 Å². The Kier molecular flexibility index (Phi) is 4.59. The normalized spacial score (nSPS) is 12.1. The van der Waals surface area contributed by atoms with Crippen molar-refractivity contribution in [3.05, 3.63) is 24.6 Å². The van der Waals surface area contributed by atoms with Crippen molar-refractivity contribution in [3.8, 4) is 12.3 Å². The third-order valence-corrected chi connectivity index (χ3v) is 0.956. The molecule has 0 aliphatic carbocycles. The Balaban J connectivity index is 4.45. The van der Waals surface area contributed by atoms with Crippen molar-refractivity contribution in [1.29, 1.82) is 0 Å². The van der Waals surface area contributed by atoms with E-state index in [-0.39, 0.29) is 0 Å². The molecule has 0 fully saturated rings. The summed E-state index contributed by atoms with van der Waals surface area (Å²) in [7, 11) is 1.53. The largest absolute Gasteiger partial charge is 0.481 e. The minimum absolute atomic E-state index is 0.468. The number of hydrogen-bond donors (Lipinski definition) is 0. The first-order valence-corrected chi connectivity index (χ1v) is 3.13. The molecule has 0 saturated carbocycles. The van der Waals surface area contributed by atoms with Crippen LogP contribution in [0.4, 0.5) is 0 Å². The third kappa shape index (κ3) is 3.99. The number of ether oxygens (including phenoxy) is 1. The average Bonchev–Trinajstić information content (AvgIpc) is 2.03. The number of rotatable bonds is 3. The maximum Gasteiger partial charge on any atom is 0.213 e. The lowest BCUT2D eigenvalue weighted by atomic mass is 10.4. The number of hydrogen-bond acceptors (Lipinski definition) is 2. The Bertz CT molecular complexity index is 230. The van der Waals surface area contributed by atoms with Crippen molar-refractivity contribution in [2.75, 3.05) is 7.11 Å². The summed E-state index contributed by atoms with van der Waals surface area (Å²) in [5.74, 6) is 2.85. The summed E-state index contributed by atoms with van der Waals surface area (Å²) < 4.78 is 4.87. The zero-order valence-electron chi connectivity index (χ0n) is 6.79. The fourth-order valence-electron chi connectivity index (χ4n) is 0.449. The Labute approximate surface area is 67.3 Å². The highest BCUT2D eigenvalue weighted by Gasteiger charge is 1.89. The van der Waals surface area contributed by atoms with Crippen LogP contribution in [0.1, 0.15) is 6.92 Å². The molecule has 0 aromatic rings. The summed E-state index contributed by atoms with van der Waals surface area (Å²) in [6.07, 6.45) is 8.31. The molecule has 0 amide bonds. The maximum atomic E-state index is 5.08. The summed E-state index contributed by atoms with van der Waals surface area (Å²) in [6.45, 7) is 5.24. The van der Waals surface area contributed by atoms with Crippen LogP contribution in [0.5, 0.6) is 0 Å². The molecule has 0 radical (unpaired) electrons. The molecular weight excluding hydrogens is 138 g/mol. The maximum absolute atomic E-state index is 5.08. The van der Waals surface area contributed by atoms with Crippen molar-refractivity contribution in [1.82, 2.24) is 0 Å². The molecule has 11 heavy (non-hydrogen) atoms. The van der Waals surface area contributed by atoms with Gasteiger partial charge in [-0.15, -0.1) is 6.42 Å². The number of aliphatic imine (C=N–C) groups is 1. The zero-order valence-corrected chi connectivity index (χ0v) is 6.79. The summed E-state index contributed by atoms with van der Waals surface area (Å²) >= 11 is 0. The second-order valence-electron chi connectivity index (χ2n) is 1.79. The standard InChI is InChI=1S/C9H11NO/c1-5-7-9(11-4)10-8(3)6-2/h2,5,7H,1H2,3-4H3/b9-7+,10-8+. The van der Waals surface area contributed by atoms with Gasteiger partial charge in [-0.2, -0.15) is 0 Å². The highest BCUT2D eigenvalue weighted by molar-refractivity contribution is 5.98. The second-order valence-corrected chi connectivity index (χ2v) is 1.79. The van der Waals surface area contributed by atoms with Gasteiger partial charge in [-0.25, -0.2) is 4.99 Å². The minimum Gasteiger partial charge on any atom is -0.481 e. The van der Waals surface area contributed by atoms with Gasteiger partial charge in [0.1, 0.15) is 0 Å². The number of allylic oxidation sites excluding steroid dienone is 2. The van der Waals surface area contributed by atoms with E-state index < -0.39 is 0 Å². The van der Waals surface area contributed by atoms with E-state index >= 15 is 0 Å². The average molecular weight is 149 g/mol. The first kappa shape index (κ1) is 9.51. The smallest absolute Gasteiger partial charge is 0.213 e. The van der Waals surface area contributed by atoms with Crippen LogP contribution < -0.4 is 0 Å². The van der Waals surface area contributed by atoms with Gasteiger partial charge in [0.2, 0.25) is 5.88 Å². The Morgan fingerprint density at radius 2 is 2.36 bits per heavy atom. The van der Waals surface area contributed by atoms with Crippen molar-refractivity contribution in [3.63, 3.8) is 0 Å². The molecule has 0 aliphatic heterocycles. The Morgan fingerprint density at radius 3 is 2.73 bits per heavy atom. The van der Waals surface area contributed by atoms with Crippen molar-refractivity contribution < 1.29 is 4.74 Å². The summed E-state index contributed by atoms with van der Waals surface area (Å²) in [5.41, 5.74) is 0.583. The first-order chi connectivity index (χ1) is 5.24. The fourth-order valence-corrected chi connectivity index (χ4v) is 0.449. The van der Waals surface area contributed by atoms with Gasteiger partial charge in [0.15, 0.2) is 0 Å². The lowest BCUT2D eigenvalue weighted by molar-refractivity contribution is 0.289. The van der Waals surface area contributed by atoms with Gasteiger partial charge < -0.3 is 4.74 Å². The minimum atomic E-state index is 0.468. The summed E-state index contributed by atoms with van der Waals surface area (Å²) in [6, 6.07) is 0. The number of methoxy groups -OCH3 is 1. The SMILES string of the molecule is C#C/C(C)=N/C(=C\C=C)OC. The molecule has 2 heteroatoms. The molecule has 0 bridgehead atoms. The fraction of sp³-hybridized carbons (Fsp3) is 0.222. The van der Waals surface area contributed by atoms with E-state index in [1.54, 1.807) is 19.1 Å². The van der Waals surface area contributed by atoms with E-state index in [0.29, 0.717) is 11.6 Å². The molecule has 0 rings (SSSR count). The quantitative estimate of drug-likeness (QED) is 0.259. The molecule has 0 saturated heterocycles. The first-order valence-electron chi connectivity index (χ1n) is 3.13. The summed E-state index contributed by atoms with van der Waals surface area (Å²) in [4.78, 5) is 3.95. The third-order valence-electron chi connectivity index (χ3n) is 0.956. The van der Waals surface area contributed by atoms with Gasteiger partial charge in [0, 0.05) is 0 Å². The van der Waals surface area contributed by atoms with Crippen LogP contribution in [0, 0.1) is 12.3 Å². The second kappa shape index (κ2) is 5.31. The topological polar surface area (TPSA) is 21.6 Å². The molecule has 0 spiro atoms. The lowest BCUT2D eigenvalue weighted by Gasteiger charge is -1.97. The predicted octanol–water partition coefficient (Wildman–Crippen LogP) is 1.75. The van der Waals surface area contributed by atoms with E-state index in [1.165, 1.54) is 7.11 Å². The van der Waals surface area contributed by atoms with E-state index in [9.17, 15) is 0 Å².